The lowest BCUT2D eigenvalue weighted by Gasteiger charge is -2.13. The number of thioether (sulfide) groups is 1. The van der Waals surface area contributed by atoms with Crippen molar-refractivity contribution in [3.8, 4) is 5.75 Å². The molecule has 2 heterocycles. The molecule has 0 aliphatic carbocycles. The van der Waals surface area contributed by atoms with Crippen molar-refractivity contribution in [1.82, 2.24) is 14.9 Å². The van der Waals surface area contributed by atoms with Gasteiger partial charge in [-0.05, 0) is 36.1 Å². The molecule has 0 bridgehead atoms. The Hall–Kier alpha value is -3.40. The maximum atomic E-state index is 13.4. The van der Waals surface area contributed by atoms with E-state index in [0.29, 0.717) is 10.5 Å². The Morgan fingerprint density at radius 2 is 2.07 bits per heavy atom. The van der Waals surface area contributed by atoms with E-state index in [1.807, 2.05) is 0 Å². The van der Waals surface area contributed by atoms with E-state index in [1.165, 1.54) is 48.3 Å². The molecule has 0 spiro atoms. The van der Waals surface area contributed by atoms with Crippen molar-refractivity contribution >= 4 is 34.7 Å². The lowest BCUT2D eigenvalue weighted by atomic mass is 10.1. The number of carboxylic acids is 1. The first-order chi connectivity index (χ1) is 13.8. The third kappa shape index (κ3) is 4.06. The van der Waals surface area contributed by atoms with Gasteiger partial charge in [-0.25, -0.2) is 4.39 Å². The SMILES string of the molecule is CSc1cc(F)ccc1CNC(=O)c1c(O)c2ncccc2n(CC(=O)O)c1=O. The highest BCUT2D eigenvalue weighted by molar-refractivity contribution is 7.98. The van der Waals surface area contributed by atoms with Gasteiger partial charge < -0.3 is 15.5 Å². The van der Waals surface area contributed by atoms with Gasteiger partial charge in [-0.1, -0.05) is 6.07 Å². The zero-order chi connectivity index (χ0) is 21.1. The van der Waals surface area contributed by atoms with Gasteiger partial charge in [-0.2, -0.15) is 0 Å². The lowest BCUT2D eigenvalue weighted by Crippen LogP contribution is -2.34. The summed E-state index contributed by atoms with van der Waals surface area (Å²) in [6, 6.07) is 6.99. The van der Waals surface area contributed by atoms with Gasteiger partial charge in [0.25, 0.3) is 11.5 Å². The highest BCUT2D eigenvalue weighted by Gasteiger charge is 2.24. The first-order valence-electron chi connectivity index (χ1n) is 8.36. The van der Waals surface area contributed by atoms with Gasteiger partial charge in [0.05, 0.1) is 5.52 Å². The van der Waals surface area contributed by atoms with E-state index in [-0.39, 0.29) is 17.6 Å². The van der Waals surface area contributed by atoms with Crippen LogP contribution in [0.3, 0.4) is 0 Å². The van der Waals surface area contributed by atoms with Crippen LogP contribution in [0.25, 0.3) is 11.0 Å². The molecule has 1 amide bonds. The van der Waals surface area contributed by atoms with Gasteiger partial charge in [0.2, 0.25) is 0 Å². The predicted molar refractivity (Wildman–Crippen MR) is 105 cm³/mol. The number of aliphatic carboxylic acids is 1. The van der Waals surface area contributed by atoms with Gasteiger partial charge >= 0.3 is 5.97 Å². The maximum absolute atomic E-state index is 13.4. The van der Waals surface area contributed by atoms with Gasteiger partial charge in [0.15, 0.2) is 5.75 Å². The smallest absolute Gasteiger partial charge is 0.323 e. The molecule has 3 aromatic rings. The molecule has 3 N–H and O–H groups in total. The Morgan fingerprint density at radius 1 is 1.31 bits per heavy atom. The second kappa shape index (κ2) is 8.31. The minimum atomic E-state index is -1.29. The fourth-order valence-electron chi connectivity index (χ4n) is 2.89. The molecule has 150 valence electrons. The lowest BCUT2D eigenvalue weighted by molar-refractivity contribution is -0.137. The monoisotopic (exact) mass is 417 g/mol. The van der Waals surface area contributed by atoms with Crippen molar-refractivity contribution in [2.24, 2.45) is 0 Å². The summed E-state index contributed by atoms with van der Waals surface area (Å²) in [5, 5.41) is 22.1. The average molecular weight is 417 g/mol. The van der Waals surface area contributed by atoms with E-state index in [0.717, 1.165) is 4.57 Å². The third-order valence-corrected chi connectivity index (χ3v) is 5.03. The fraction of sp³-hybridized carbons (Fsp3) is 0.158. The van der Waals surface area contributed by atoms with Crippen LogP contribution in [0.4, 0.5) is 4.39 Å². The molecule has 0 aliphatic rings. The van der Waals surface area contributed by atoms with Crippen LogP contribution in [0.2, 0.25) is 0 Å². The number of hydrogen-bond acceptors (Lipinski definition) is 6. The fourth-order valence-corrected chi connectivity index (χ4v) is 3.52. The van der Waals surface area contributed by atoms with E-state index < -0.39 is 41.1 Å². The quantitative estimate of drug-likeness (QED) is 0.524. The van der Waals surface area contributed by atoms with Crippen LogP contribution >= 0.6 is 11.8 Å². The highest BCUT2D eigenvalue weighted by atomic mass is 32.2. The number of hydrogen-bond donors (Lipinski definition) is 3. The van der Waals surface area contributed by atoms with Gasteiger partial charge in [0, 0.05) is 17.6 Å². The van der Waals surface area contributed by atoms with Crippen molar-refractivity contribution < 1.29 is 24.2 Å². The molecule has 0 radical (unpaired) electrons. The molecular weight excluding hydrogens is 401 g/mol. The molecule has 0 atom stereocenters. The van der Waals surface area contributed by atoms with Crippen molar-refractivity contribution in [3.05, 3.63) is 63.8 Å². The first-order valence-corrected chi connectivity index (χ1v) is 9.58. The van der Waals surface area contributed by atoms with Crippen LogP contribution < -0.4 is 10.9 Å². The van der Waals surface area contributed by atoms with Gasteiger partial charge in [-0.3, -0.25) is 23.9 Å². The highest BCUT2D eigenvalue weighted by Crippen LogP contribution is 2.25. The van der Waals surface area contributed by atoms with Crippen LogP contribution in [0, 0.1) is 5.82 Å². The number of fused-ring (bicyclic) bond motifs is 1. The number of rotatable bonds is 6. The van der Waals surface area contributed by atoms with Crippen LogP contribution in [-0.4, -0.2) is 37.9 Å². The van der Waals surface area contributed by atoms with E-state index in [1.54, 1.807) is 6.26 Å². The number of aromatic hydroxyl groups is 1. The molecule has 0 saturated heterocycles. The summed E-state index contributed by atoms with van der Waals surface area (Å²) in [5.41, 5.74) is -0.906. The first kappa shape index (κ1) is 20.3. The Balaban J connectivity index is 2.02. The number of pyridine rings is 2. The summed E-state index contributed by atoms with van der Waals surface area (Å²) < 4.78 is 14.2. The zero-order valence-electron chi connectivity index (χ0n) is 15.2. The molecular formula is C19H16FN3O5S. The molecule has 2 aromatic heterocycles. The van der Waals surface area contributed by atoms with Gasteiger partial charge in [-0.15, -0.1) is 11.8 Å². The van der Waals surface area contributed by atoms with Crippen LogP contribution in [-0.2, 0) is 17.9 Å². The van der Waals surface area contributed by atoms with E-state index in [9.17, 15) is 23.9 Å². The number of benzene rings is 1. The van der Waals surface area contributed by atoms with E-state index in [2.05, 4.69) is 10.3 Å². The molecule has 0 aliphatic heterocycles. The number of carbonyl (C=O) groups is 2. The minimum absolute atomic E-state index is 0.0205. The van der Waals surface area contributed by atoms with Crippen molar-refractivity contribution in [2.45, 2.75) is 18.0 Å². The minimum Gasteiger partial charge on any atom is -0.505 e. The number of aromatic nitrogens is 2. The summed E-state index contributed by atoms with van der Waals surface area (Å²) in [4.78, 5) is 41.2. The summed E-state index contributed by atoms with van der Waals surface area (Å²) in [6.07, 6.45) is 3.11. The number of halogens is 1. The van der Waals surface area contributed by atoms with Gasteiger partial charge in [0.1, 0.15) is 23.4 Å². The Kier molecular flexibility index (Phi) is 5.83. The standard InChI is InChI=1S/C19H16FN3O5S/c1-29-13-7-11(20)5-4-10(13)8-22-18(27)15-17(26)16-12(3-2-6-21-16)23(19(15)28)9-14(24)25/h2-7,26H,8-9H2,1H3,(H,22,27)(H,24,25). The number of nitrogens with one attached hydrogen (secondary N) is 1. The second-order valence-electron chi connectivity index (χ2n) is 6.02. The Morgan fingerprint density at radius 3 is 2.76 bits per heavy atom. The van der Waals surface area contributed by atoms with Crippen LogP contribution in [0.15, 0.2) is 46.2 Å². The van der Waals surface area contributed by atoms with Crippen LogP contribution in [0.1, 0.15) is 15.9 Å². The zero-order valence-corrected chi connectivity index (χ0v) is 16.0. The normalized spacial score (nSPS) is 10.8. The summed E-state index contributed by atoms with van der Waals surface area (Å²) in [6.45, 7) is -0.719. The molecule has 0 saturated carbocycles. The Labute approximate surface area is 168 Å². The van der Waals surface area contributed by atoms with Crippen molar-refractivity contribution in [2.75, 3.05) is 6.26 Å². The molecule has 3 rings (SSSR count). The molecule has 1 aromatic carbocycles. The number of nitrogens with zero attached hydrogens (tertiary/aromatic N) is 2. The average Bonchev–Trinajstić information content (AvgIpc) is 2.70. The van der Waals surface area contributed by atoms with E-state index in [4.69, 9.17) is 5.11 Å². The van der Waals surface area contributed by atoms with Crippen molar-refractivity contribution in [3.63, 3.8) is 0 Å². The topological polar surface area (TPSA) is 122 Å². The number of carboxylic acid groups (broad SMARTS) is 1. The Bertz CT molecular complexity index is 1180. The molecule has 10 heteroatoms. The summed E-state index contributed by atoms with van der Waals surface area (Å²) >= 11 is 1.29. The molecule has 0 fully saturated rings. The van der Waals surface area contributed by atoms with E-state index >= 15 is 0 Å². The van der Waals surface area contributed by atoms with Crippen LogP contribution in [0.5, 0.6) is 5.75 Å². The third-order valence-electron chi connectivity index (χ3n) is 4.21. The summed E-state index contributed by atoms with van der Waals surface area (Å²) in [7, 11) is 0. The predicted octanol–water partition coefficient (Wildman–Crippen LogP) is 1.98. The largest absolute Gasteiger partial charge is 0.505 e. The van der Waals surface area contributed by atoms with Crippen molar-refractivity contribution in [1.29, 1.82) is 0 Å². The summed E-state index contributed by atoms with van der Waals surface area (Å²) in [5.74, 6) is -3.23. The molecule has 0 unspecified atom stereocenters. The maximum Gasteiger partial charge on any atom is 0.323 e. The second-order valence-corrected chi connectivity index (χ2v) is 6.87. The number of amides is 1. The molecule has 29 heavy (non-hydrogen) atoms. The molecule has 8 nitrogen and oxygen atoms in total. The number of carbonyl (C=O) groups excluding carboxylic acids is 1.